The van der Waals surface area contributed by atoms with E-state index >= 15 is 0 Å². The van der Waals surface area contributed by atoms with Crippen LogP contribution in [0.1, 0.15) is 72.6 Å². The summed E-state index contributed by atoms with van der Waals surface area (Å²) in [5.41, 5.74) is 0.531. The summed E-state index contributed by atoms with van der Waals surface area (Å²) in [5, 5.41) is 3.26. The van der Waals surface area contributed by atoms with Crippen molar-refractivity contribution < 1.29 is 4.79 Å². The van der Waals surface area contributed by atoms with Crippen molar-refractivity contribution in [2.45, 2.75) is 83.2 Å². The number of hydrogen-bond donors (Lipinski definition) is 0. The van der Waals surface area contributed by atoms with Gasteiger partial charge in [0.15, 0.2) is 0 Å². The van der Waals surface area contributed by atoms with Crippen molar-refractivity contribution in [2.24, 2.45) is 11.3 Å². The van der Waals surface area contributed by atoms with E-state index in [1.54, 1.807) is 10.4 Å². The summed E-state index contributed by atoms with van der Waals surface area (Å²) in [6.45, 7) is 9.29. The van der Waals surface area contributed by atoms with Crippen LogP contribution in [0.25, 0.3) is 0 Å². The van der Waals surface area contributed by atoms with Crippen molar-refractivity contribution in [3.63, 3.8) is 0 Å². The molecule has 3 atom stereocenters. The molecule has 2 aliphatic rings. The normalized spacial score (nSPS) is 27.3. The van der Waals surface area contributed by atoms with Crippen molar-refractivity contribution in [3.8, 4) is 0 Å². The van der Waals surface area contributed by atoms with E-state index in [1.165, 1.54) is 32.1 Å². The molecule has 0 amide bonds. The van der Waals surface area contributed by atoms with Crippen LogP contribution in [0.15, 0.2) is 60.7 Å². The molecule has 0 unspecified atom stereocenters. The summed E-state index contributed by atoms with van der Waals surface area (Å²) in [6, 6.07) is 22.7. The van der Waals surface area contributed by atoms with Gasteiger partial charge < -0.3 is 0 Å². The zero-order valence-corrected chi connectivity index (χ0v) is 20.3. The molecule has 4 rings (SSSR count). The second kappa shape index (κ2) is 8.11. The maximum Gasteiger partial charge on any atom is 0.136 e. The number of carbonyl (C=O) groups is 1. The molecule has 0 N–H and O–H groups in total. The minimum atomic E-state index is -2.17. The lowest BCUT2D eigenvalue weighted by Crippen LogP contribution is -2.67. The van der Waals surface area contributed by atoms with Crippen LogP contribution in [-0.2, 0) is 4.79 Å². The molecule has 0 radical (unpaired) electrons. The number of fused-ring (bicyclic) bond motifs is 1. The lowest BCUT2D eigenvalue weighted by atomic mass is 9.71. The first-order valence-electron chi connectivity index (χ1n) is 11.9. The summed E-state index contributed by atoms with van der Waals surface area (Å²) in [6.07, 6.45) is 8.51. The van der Waals surface area contributed by atoms with E-state index in [2.05, 4.69) is 81.4 Å². The molecule has 2 saturated carbocycles. The van der Waals surface area contributed by atoms with E-state index in [9.17, 15) is 4.79 Å². The first-order valence-corrected chi connectivity index (χ1v) is 14.0. The van der Waals surface area contributed by atoms with E-state index < -0.39 is 8.07 Å². The highest BCUT2D eigenvalue weighted by Crippen LogP contribution is 2.61. The number of carbonyl (C=O) groups excluding carboxylic acids is 1. The molecule has 0 aromatic heterocycles. The van der Waals surface area contributed by atoms with Gasteiger partial charge in [0, 0.05) is 5.41 Å². The van der Waals surface area contributed by atoms with Crippen LogP contribution in [0.2, 0.25) is 10.6 Å². The Morgan fingerprint density at radius 1 is 0.900 bits per heavy atom. The molecule has 0 spiro atoms. The van der Waals surface area contributed by atoms with E-state index in [4.69, 9.17) is 0 Å². The number of ketones is 1. The zero-order valence-electron chi connectivity index (χ0n) is 19.3. The number of hydrogen-bond acceptors (Lipinski definition) is 1. The molecule has 2 aromatic rings. The van der Waals surface area contributed by atoms with Crippen molar-refractivity contribution in [2.75, 3.05) is 0 Å². The fraction of sp³-hybridized carbons (Fsp3) is 0.536. The Balaban J connectivity index is 1.92. The Hall–Kier alpha value is -1.67. The molecule has 2 heteroatoms. The van der Waals surface area contributed by atoms with Gasteiger partial charge in [-0.15, -0.1) is 0 Å². The molecular formula is C28H38OSi. The topological polar surface area (TPSA) is 17.1 Å². The van der Waals surface area contributed by atoms with Gasteiger partial charge in [0.1, 0.15) is 13.9 Å². The molecule has 2 aromatic carbocycles. The van der Waals surface area contributed by atoms with Crippen molar-refractivity contribution in [1.82, 2.24) is 0 Å². The average Bonchev–Trinajstić information content (AvgIpc) is 2.97. The van der Waals surface area contributed by atoms with Crippen molar-refractivity contribution in [1.29, 1.82) is 0 Å². The van der Waals surface area contributed by atoms with E-state index in [-0.39, 0.29) is 10.5 Å². The molecule has 1 nitrogen and oxygen atoms in total. The Labute approximate surface area is 184 Å². The van der Waals surface area contributed by atoms with Crippen LogP contribution >= 0.6 is 0 Å². The molecule has 0 saturated heterocycles. The van der Waals surface area contributed by atoms with E-state index in [0.717, 1.165) is 12.8 Å². The minimum Gasteiger partial charge on any atom is -0.299 e. The smallest absolute Gasteiger partial charge is 0.136 e. The first kappa shape index (κ1) is 21.6. The standard InChI is InChI=1S/C28H38OSi/c1-22(29)28-19-13-7-8-14-23(28)20-26(21-28)30(27(2,3)4,24-15-9-5-10-16-24)25-17-11-6-12-18-25/h5-6,9-12,15-18,23,26H,7-8,13-14,19-21H2,1-4H3/t23-,26+,28+/m0/s1. The third-order valence-electron chi connectivity index (χ3n) is 8.59. The average molecular weight is 419 g/mol. The van der Waals surface area contributed by atoms with Gasteiger partial charge in [-0.2, -0.15) is 0 Å². The predicted octanol–water partition coefficient (Wildman–Crippen LogP) is 6.37. The van der Waals surface area contributed by atoms with E-state index in [0.29, 0.717) is 17.2 Å². The monoisotopic (exact) mass is 418 g/mol. The maximum atomic E-state index is 13.2. The third kappa shape index (κ3) is 3.32. The molecule has 30 heavy (non-hydrogen) atoms. The first-order chi connectivity index (χ1) is 14.3. The van der Waals surface area contributed by atoms with Gasteiger partial charge in [0.2, 0.25) is 0 Å². The minimum absolute atomic E-state index is 0.0752. The fourth-order valence-corrected chi connectivity index (χ4v) is 14.4. The Morgan fingerprint density at radius 3 is 1.97 bits per heavy atom. The Morgan fingerprint density at radius 2 is 1.47 bits per heavy atom. The van der Waals surface area contributed by atoms with Gasteiger partial charge in [-0.1, -0.05) is 111 Å². The Bertz CT molecular complexity index is 827. The quantitative estimate of drug-likeness (QED) is 0.527. The second-order valence-corrected chi connectivity index (χ2v) is 16.0. The molecular weight excluding hydrogens is 380 g/mol. The highest BCUT2D eigenvalue weighted by Gasteiger charge is 2.60. The van der Waals surface area contributed by atoms with Gasteiger partial charge in [0.05, 0.1) is 0 Å². The van der Waals surface area contributed by atoms with Crippen LogP contribution in [0.3, 0.4) is 0 Å². The Kier molecular flexibility index (Phi) is 5.83. The van der Waals surface area contributed by atoms with Gasteiger partial charge >= 0.3 is 0 Å². The number of rotatable bonds is 4. The lowest BCUT2D eigenvalue weighted by Gasteiger charge is -2.49. The van der Waals surface area contributed by atoms with Gasteiger partial charge in [0.25, 0.3) is 0 Å². The number of Topliss-reactive ketones (excluding diaryl/α,β-unsaturated/α-hetero) is 1. The lowest BCUT2D eigenvalue weighted by molar-refractivity contribution is -0.129. The summed E-state index contributed by atoms with van der Waals surface area (Å²) < 4.78 is 0. The molecule has 0 heterocycles. The highest BCUT2D eigenvalue weighted by molar-refractivity contribution is 7.05. The summed E-state index contributed by atoms with van der Waals surface area (Å²) >= 11 is 0. The molecule has 2 fully saturated rings. The molecule has 0 bridgehead atoms. The third-order valence-corrected chi connectivity index (χ3v) is 15.1. The summed E-state index contributed by atoms with van der Waals surface area (Å²) in [4.78, 5) is 13.2. The fourth-order valence-electron chi connectivity index (χ4n) is 7.42. The summed E-state index contributed by atoms with van der Waals surface area (Å²) in [7, 11) is -2.17. The van der Waals surface area contributed by atoms with Gasteiger partial charge in [-0.3, -0.25) is 4.79 Å². The maximum absolute atomic E-state index is 13.2. The van der Waals surface area contributed by atoms with Crippen molar-refractivity contribution >= 4 is 24.2 Å². The molecule has 0 aliphatic heterocycles. The van der Waals surface area contributed by atoms with Gasteiger partial charge in [-0.25, -0.2) is 0 Å². The van der Waals surface area contributed by atoms with Crippen LogP contribution in [0, 0.1) is 11.3 Å². The second-order valence-electron chi connectivity index (χ2n) is 10.9. The number of benzene rings is 2. The van der Waals surface area contributed by atoms with E-state index in [1.807, 2.05) is 6.92 Å². The predicted molar refractivity (Wildman–Crippen MR) is 130 cm³/mol. The molecule has 2 aliphatic carbocycles. The van der Waals surface area contributed by atoms with Crippen molar-refractivity contribution in [3.05, 3.63) is 60.7 Å². The van der Waals surface area contributed by atoms with Crippen LogP contribution < -0.4 is 10.4 Å². The van der Waals surface area contributed by atoms with Crippen LogP contribution in [0.5, 0.6) is 0 Å². The molecule has 160 valence electrons. The van der Waals surface area contributed by atoms with Gasteiger partial charge in [-0.05, 0) is 49.1 Å². The zero-order chi connectivity index (χ0) is 21.4. The largest absolute Gasteiger partial charge is 0.299 e. The summed E-state index contributed by atoms with van der Waals surface area (Å²) in [5.74, 6) is 1.04. The van der Waals surface area contributed by atoms with Crippen LogP contribution in [0.4, 0.5) is 0 Å². The highest BCUT2D eigenvalue weighted by atomic mass is 28.3. The SMILES string of the molecule is CC(=O)[C@]12CCCCC[C@H]1C[C@@H]([Si](c1ccccc1)(c1ccccc1)C(C)(C)C)C2. The van der Waals surface area contributed by atoms with Crippen LogP contribution in [-0.4, -0.2) is 13.9 Å².